The van der Waals surface area contributed by atoms with Gasteiger partial charge in [0, 0.05) is 22.8 Å². The first-order chi connectivity index (χ1) is 9.98. The van der Waals surface area contributed by atoms with E-state index in [9.17, 15) is 8.42 Å². The number of nitrogens with zero attached hydrogens (tertiary/aromatic N) is 1. The second kappa shape index (κ2) is 4.83. The van der Waals surface area contributed by atoms with Gasteiger partial charge in [-0.2, -0.15) is 0 Å². The van der Waals surface area contributed by atoms with E-state index >= 15 is 0 Å². The van der Waals surface area contributed by atoms with E-state index in [0.29, 0.717) is 16.9 Å². The smallest absolute Gasteiger partial charge is 0.238 e. The molecule has 3 aromatic rings. The van der Waals surface area contributed by atoms with Crippen LogP contribution in [0.5, 0.6) is 0 Å². The van der Waals surface area contributed by atoms with Crippen molar-refractivity contribution < 1.29 is 8.42 Å². The van der Waals surface area contributed by atoms with Crippen LogP contribution in [0.4, 0.5) is 5.69 Å². The summed E-state index contributed by atoms with van der Waals surface area (Å²) < 4.78 is 23.6. The van der Waals surface area contributed by atoms with E-state index in [2.05, 4.69) is 4.98 Å². The number of nitrogens with two attached hydrogens (primary N) is 2. The molecule has 5 nitrogen and oxygen atoms in total. The zero-order chi connectivity index (χ0) is 15.0. The number of anilines is 1. The highest BCUT2D eigenvalue weighted by Crippen LogP contribution is 2.34. The molecule has 0 atom stereocenters. The monoisotopic (exact) mass is 299 g/mol. The maximum Gasteiger partial charge on any atom is 0.238 e. The lowest BCUT2D eigenvalue weighted by molar-refractivity contribution is 0.598. The molecular formula is C15H13N3O2S. The van der Waals surface area contributed by atoms with Gasteiger partial charge >= 0.3 is 0 Å². The van der Waals surface area contributed by atoms with E-state index < -0.39 is 10.0 Å². The highest BCUT2D eigenvalue weighted by Gasteiger charge is 2.19. The lowest BCUT2D eigenvalue weighted by atomic mass is 10.0. The van der Waals surface area contributed by atoms with Gasteiger partial charge in [-0.3, -0.25) is 4.98 Å². The second-order valence-corrected chi connectivity index (χ2v) is 6.18. The summed E-state index contributed by atoms with van der Waals surface area (Å²) in [6.45, 7) is 0. The number of sulfonamides is 1. The summed E-state index contributed by atoms with van der Waals surface area (Å²) in [7, 11) is -3.89. The van der Waals surface area contributed by atoms with Crippen LogP contribution in [0.15, 0.2) is 59.6 Å². The van der Waals surface area contributed by atoms with Gasteiger partial charge in [0.25, 0.3) is 0 Å². The molecule has 0 spiro atoms. The van der Waals surface area contributed by atoms with Crippen LogP contribution in [0.2, 0.25) is 0 Å². The average molecular weight is 299 g/mol. The first kappa shape index (κ1) is 13.5. The van der Waals surface area contributed by atoms with Crippen LogP contribution in [0.25, 0.3) is 22.0 Å². The lowest BCUT2D eigenvalue weighted by Crippen LogP contribution is -2.14. The fraction of sp³-hybridized carbons (Fsp3) is 0. The van der Waals surface area contributed by atoms with Gasteiger partial charge in [-0.25, -0.2) is 13.6 Å². The van der Waals surface area contributed by atoms with Gasteiger partial charge in [0.15, 0.2) is 0 Å². The predicted octanol–water partition coefficient (Wildman–Crippen LogP) is 2.13. The Hall–Kier alpha value is -2.44. The van der Waals surface area contributed by atoms with Crippen LogP contribution in [0, 0.1) is 0 Å². The molecule has 6 heteroatoms. The molecule has 0 aliphatic carbocycles. The molecule has 0 fully saturated rings. The Bertz CT molecular complexity index is 931. The Kier molecular flexibility index (Phi) is 3.12. The van der Waals surface area contributed by atoms with Gasteiger partial charge in [-0.1, -0.05) is 30.3 Å². The van der Waals surface area contributed by atoms with Crippen LogP contribution >= 0.6 is 0 Å². The number of pyridine rings is 1. The summed E-state index contributed by atoms with van der Waals surface area (Å²) in [5, 5.41) is 7.07. The van der Waals surface area contributed by atoms with Crippen molar-refractivity contribution in [3.8, 4) is 11.3 Å². The standard InChI is InChI=1S/C15H13N3O2S/c16-12-6-3-7-13(21(17,19)20)14(12)15-11-5-2-1-4-10(11)8-9-18-15/h1-9H,16H2,(H2,17,19,20). The van der Waals surface area contributed by atoms with E-state index in [4.69, 9.17) is 10.9 Å². The third-order valence-electron chi connectivity index (χ3n) is 3.28. The Morgan fingerprint density at radius 1 is 0.952 bits per heavy atom. The molecule has 4 N–H and O–H groups in total. The van der Waals surface area contributed by atoms with Crippen LogP contribution < -0.4 is 10.9 Å². The maximum absolute atomic E-state index is 11.8. The Balaban J connectivity index is 2.45. The normalized spacial score (nSPS) is 11.7. The molecule has 0 aliphatic rings. The molecule has 1 heterocycles. The van der Waals surface area contributed by atoms with Gasteiger partial charge in [0.05, 0.1) is 10.6 Å². The maximum atomic E-state index is 11.8. The van der Waals surface area contributed by atoms with E-state index in [-0.39, 0.29) is 4.90 Å². The molecule has 0 saturated heterocycles. The zero-order valence-electron chi connectivity index (χ0n) is 11.0. The molecule has 1 aromatic heterocycles. The minimum Gasteiger partial charge on any atom is -0.398 e. The number of fused-ring (bicyclic) bond motifs is 1. The first-order valence-corrected chi connectivity index (χ1v) is 7.78. The first-order valence-electron chi connectivity index (χ1n) is 6.24. The minimum absolute atomic E-state index is 0.0219. The van der Waals surface area contributed by atoms with Crippen LogP contribution in [0.1, 0.15) is 0 Å². The van der Waals surface area contributed by atoms with Crippen molar-refractivity contribution in [1.82, 2.24) is 4.98 Å². The van der Waals surface area contributed by atoms with Gasteiger partial charge in [-0.15, -0.1) is 0 Å². The molecule has 0 saturated carbocycles. The molecule has 3 rings (SSSR count). The van der Waals surface area contributed by atoms with Crippen molar-refractivity contribution in [1.29, 1.82) is 0 Å². The minimum atomic E-state index is -3.89. The van der Waals surface area contributed by atoms with Crippen molar-refractivity contribution in [2.75, 3.05) is 5.73 Å². The summed E-state index contributed by atoms with van der Waals surface area (Å²) >= 11 is 0. The topological polar surface area (TPSA) is 99.1 Å². The van der Waals surface area contributed by atoms with Crippen molar-refractivity contribution in [3.63, 3.8) is 0 Å². The quantitative estimate of drug-likeness (QED) is 0.708. The Morgan fingerprint density at radius 3 is 2.48 bits per heavy atom. The number of nitrogen functional groups attached to an aromatic ring is 1. The van der Waals surface area contributed by atoms with Gasteiger partial charge in [0.1, 0.15) is 0 Å². The largest absolute Gasteiger partial charge is 0.398 e. The number of aromatic nitrogens is 1. The lowest BCUT2D eigenvalue weighted by Gasteiger charge is -2.12. The number of primary sulfonamides is 1. The van der Waals surface area contributed by atoms with Crippen LogP contribution in [0.3, 0.4) is 0 Å². The summed E-state index contributed by atoms with van der Waals surface area (Å²) in [6, 6.07) is 14.0. The van der Waals surface area contributed by atoms with Gasteiger partial charge < -0.3 is 5.73 Å². The van der Waals surface area contributed by atoms with Gasteiger partial charge in [0.2, 0.25) is 10.0 Å². The SMILES string of the molecule is Nc1cccc(S(N)(=O)=O)c1-c1nccc2ccccc12. The molecule has 2 aromatic carbocycles. The molecule has 21 heavy (non-hydrogen) atoms. The number of hydrogen-bond donors (Lipinski definition) is 2. The van der Waals surface area contributed by atoms with E-state index in [1.165, 1.54) is 6.07 Å². The highest BCUT2D eigenvalue weighted by atomic mass is 32.2. The van der Waals surface area contributed by atoms with E-state index in [1.54, 1.807) is 18.3 Å². The van der Waals surface area contributed by atoms with E-state index in [1.807, 2.05) is 30.3 Å². The highest BCUT2D eigenvalue weighted by molar-refractivity contribution is 7.89. The number of rotatable bonds is 2. The van der Waals surface area contributed by atoms with Crippen LogP contribution in [-0.2, 0) is 10.0 Å². The molecule has 0 aliphatic heterocycles. The predicted molar refractivity (Wildman–Crippen MR) is 83.0 cm³/mol. The number of hydrogen-bond acceptors (Lipinski definition) is 4. The Labute approximate surface area is 122 Å². The molecule has 0 radical (unpaired) electrons. The fourth-order valence-corrected chi connectivity index (χ4v) is 3.12. The molecule has 0 bridgehead atoms. The Morgan fingerprint density at radius 2 is 1.71 bits per heavy atom. The third kappa shape index (κ3) is 2.35. The molecule has 0 unspecified atom stereocenters. The van der Waals surface area contributed by atoms with Gasteiger partial charge in [-0.05, 0) is 23.6 Å². The zero-order valence-corrected chi connectivity index (χ0v) is 11.8. The molecular weight excluding hydrogens is 286 g/mol. The summed E-state index contributed by atoms with van der Waals surface area (Å²) in [5.41, 5.74) is 7.16. The molecule has 106 valence electrons. The molecule has 0 amide bonds. The summed E-state index contributed by atoms with van der Waals surface area (Å²) in [4.78, 5) is 4.29. The van der Waals surface area contributed by atoms with E-state index in [0.717, 1.165) is 10.8 Å². The fourth-order valence-electron chi connectivity index (χ4n) is 2.36. The van der Waals surface area contributed by atoms with Crippen molar-refractivity contribution in [3.05, 3.63) is 54.7 Å². The summed E-state index contributed by atoms with van der Waals surface area (Å²) in [6.07, 6.45) is 1.62. The summed E-state index contributed by atoms with van der Waals surface area (Å²) in [5.74, 6) is 0. The van der Waals surface area contributed by atoms with Crippen molar-refractivity contribution in [2.45, 2.75) is 4.90 Å². The third-order valence-corrected chi connectivity index (χ3v) is 4.23. The van der Waals surface area contributed by atoms with Crippen molar-refractivity contribution in [2.24, 2.45) is 5.14 Å². The van der Waals surface area contributed by atoms with Crippen LogP contribution in [-0.4, -0.2) is 13.4 Å². The van der Waals surface area contributed by atoms with Crippen molar-refractivity contribution >= 4 is 26.5 Å². The second-order valence-electron chi connectivity index (χ2n) is 4.65. The average Bonchev–Trinajstić information content (AvgIpc) is 2.46. The number of benzene rings is 2.